The molecule has 0 bridgehead atoms. The van der Waals surface area contributed by atoms with Gasteiger partial charge in [0.05, 0.1) is 5.02 Å². The molecule has 0 heterocycles. The number of halogens is 2. The van der Waals surface area contributed by atoms with Gasteiger partial charge in [-0.1, -0.05) is 18.5 Å². The number of Topliss-reactive ketones (excluding diaryl/α,β-unsaturated/α-hetero) is 1. The lowest BCUT2D eigenvalue weighted by atomic mass is 10.0. The molecule has 0 saturated heterocycles. The Labute approximate surface area is 135 Å². The Balaban J connectivity index is 2.67. The SMILES string of the molecule is CCC(CC(=O)c1ccc(F)c(Cl)c1)NC(=O)OC(C)(C)C. The van der Waals surface area contributed by atoms with Crippen molar-refractivity contribution in [2.45, 2.75) is 52.2 Å². The second-order valence-electron chi connectivity index (χ2n) is 6.01. The number of carbonyl (C=O) groups is 2. The number of rotatable bonds is 5. The molecule has 1 N–H and O–H groups in total. The first-order chi connectivity index (χ1) is 10.1. The highest BCUT2D eigenvalue weighted by Gasteiger charge is 2.21. The lowest BCUT2D eigenvalue weighted by Gasteiger charge is -2.22. The van der Waals surface area contributed by atoms with E-state index in [9.17, 15) is 14.0 Å². The van der Waals surface area contributed by atoms with E-state index in [-0.39, 0.29) is 23.3 Å². The Morgan fingerprint density at radius 3 is 2.50 bits per heavy atom. The van der Waals surface area contributed by atoms with Gasteiger partial charge in [0.2, 0.25) is 0 Å². The zero-order valence-electron chi connectivity index (χ0n) is 13.2. The zero-order valence-corrected chi connectivity index (χ0v) is 14.0. The van der Waals surface area contributed by atoms with Gasteiger partial charge < -0.3 is 10.1 Å². The third-order valence-electron chi connectivity index (χ3n) is 2.89. The van der Waals surface area contributed by atoms with Crippen LogP contribution in [-0.2, 0) is 4.74 Å². The van der Waals surface area contributed by atoms with Crippen LogP contribution in [0, 0.1) is 5.82 Å². The van der Waals surface area contributed by atoms with Gasteiger partial charge in [0.15, 0.2) is 5.78 Å². The van der Waals surface area contributed by atoms with Crippen LogP contribution in [0.5, 0.6) is 0 Å². The second-order valence-corrected chi connectivity index (χ2v) is 6.41. The molecule has 1 aromatic carbocycles. The predicted molar refractivity (Wildman–Crippen MR) is 83.8 cm³/mol. The lowest BCUT2D eigenvalue weighted by molar-refractivity contribution is 0.0500. The summed E-state index contributed by atoms with van der Waals surface area (Å²) in [5, 5.41) is 2.56. The molecule has 1 rings (SSSR count). The van der Waals surface area contributed by atoms with Gasteiger partial charge in [0, 0.05) is 18.0 Å². The highest BCUT2D eigenvalue weighted by atomic mass is 35.5. The van der Waals surface area contributed by atoms with Gasteiger partial charge >= 0.3 is 6.09 Å². The third-order valence-corrected chi connectivity index (χ3v) is 3.18. The molecule has 0 fully saturated rings. The fourth-order valence-electron chi connectivity index (χ4n) is 1.78. The molecule has 1 aromatic rings. The number of hydrogen-bond donors (Lipinski definition) is 1. The van der Waals surface area contributed by atoms with Crippen LogP contribution in [0.3, 0.4) is 0 Å². The van der Waals surface area contributed by atoms with Gasteiger partial charge in [-0.2, -0.15) is 0 Å². The van der Waals surface area contributed by atoms with Crippen molar-refractivity contribution in [2.75, 3.05) is 0 Å². The molecule has 0 saturated carbocycles. The van der Waals surface area contributed by atoms with Crippen molar-refractivity contribution >= 4 is 23.5 Å². The highest BCUT2D eigenvalue weighted by Crippen LogP contribution is 2.18. The average Bonchev–Trinajstić information content (AvgIpc) is 2.38. The molecule has 0 spiro atoms. The van der Waals surface area contributed by atoms with Crippen molar-refractivity contribution in [3.63, 3.8) is 0 Å². The molecule has 6 heteroatoms. The van der Waals surface area contributed by atoms with Crippen LogP contribution < -0.4 is 5.32 Å². The van der Waals surface area contributed by atoms with E-state index >= 15 is 0 Å². The Morgan fingerprint density at radius 1 is 1.36 bits per heavy atom. The van der Waals surface area contributed by atoms with Crippen molar-refractivity contribution < 1.29 is 18.7 Å². The van der Waals surface area contributed by atoms with E-state index in [2.05, 4.69) is 5.32 Å². The Morgan fingerprint density at radius 2 is 2.00 bits per heavy atom. The smallest absolute Gasteiger partial charge is 0.407 e. The number of hydrogen-bond acceptors (Lipinski definition) is 3. The number of ether oxygens (including phenoxy) is 1. The van der Waals surface area contributed by atoms with E-state index in [1.54, 1.807) is 20.8 Å². The highest BCUT2D eigenvalue weighted by molar-refractivity contribution is 6.31. The Bertz CT molecular complexity index is 555. The molecule has 0 aliphatic heterocycles. The standard InChI is InChI=1S/C16H21ClFNO3/c1-5-11(19-15(21)22-16(2,3)4)9-14(20)10-6-7-13(18)12(17)8-10/h6-8,11H,5,9H2,1-4H3,(H,19,21). The monoisotopic (exact) mass is 329 g/mol. The first-order valence-corrected chi connectivity index (χ1v) is 7.48. The summed E-state index contributed by atoms with van der Waals surface area (Å²) in [5.41, 5.74) is -0.285. The summed E-state index contributed by atoms with van der Waals surface area (Å²) < 4.78 is 18.3. The van der Waals surface area contributed by atoms with E-state index in [4.69, 9.17) is 16.3 Å². The van der Waals surface area contributed by atoms with E-state index in [1.165, 1.54) is 12.1 Å². The third kappa shape index (κ3) is 6.02. The molecular formula is C16H21ClFNO3. The fourth-order valence-corrected chi connectivity index (χ4v) is 1.96. The molecule has 1 amide bonds. The molecule has 0 aromatic heterocycles. The van der Waals surface area contributed by atoms with Crippen LogP contribution in [0.2, 0.25) is 5.02 Å². The van der Waals surface area contributed by atoms with Crippen LogP contribution in [0.1, 0.15) is 50.9 Å². The molecule has 0 aliphatic rings. The topological polar surface area (TPSA) is 55.4 Å². The summed E-state index contributed by atoms with van der Waals surface area (Å²) in [4.78, 5) is 23.9. The van der Waals surface area contributed by atoms with Crippen molar-refractivity contribution in [1.82, 2.24) is 5.32 Å². The molecule has 4 nitrogen and oxygen atoms in total. The lowest BCUT2D eigenvalue weighted by Crippen LogP contribution is -2.39. The fraction of sp³-hybridized carbons (Fsp3) is 0.500. The van der Waals surface area contributed by atoms with E-state index in [1.807, 2.05) is 6.92 Å². The first kappa shape index (κ1) is 18.4. The molecule has 0 radical (unpaired) electrons. The van der Waals surface area contributed by atoms with E-state index in [0.717, 1.165) is 6.07 Å². The van der Waals surface area contributed by atoms with E-state index in [0.29, 0.717) is 12.0 Å². The number of carbonyl (C=O) groups excluding carboxylic acids is 2. The molecule has 1 atom stereocenters. The van der Waals surface area contributed by atoms with Crippen LogP contribution in [0.25, 0.3) is 0 Å². The largest absolute Gasteiger partial charge is 0.444 e. The van der Waals surface area contributed by atoms with E-state index < -0.39 is 17.5 Å². The molecular weight excluding hydrogens is 309 g/mol. The summed E-state index contributed by atoms with van der Waals surface area (Å²) in [6.45, 7) is 7.14. The summed E-state index contributed by atoms with van der Waals surface area (Å²) >= 11 is 5.67. The first-order valence-electron chi connectivity index (χ1n) is 7.10. The number of ketones is 1. The maximum Gasteiger partial charge on any atom is 0.407 e. The van der Waals surface area contributed by atoms with Gasteiger partial charge in [-0.05, 0) is 45.4 Å². The normalized spacial score (nSPS) is 12.6. The number of alkyl carbamates (subject to hydrolysis) is 1. The van der Waals surface area contributed by atoms with Gasteiger partial charge in [-0.15, -0.1) is 0 Å². The molecule has 1 unspecified atom stereocenters. The quantitative estimate of drug-likeness (QED) is 0.817. The minimum Gasteiger partial charge on any atom is -0.444 e. The maximum absolute atomic E-state index is 13.1. The Hall–Kier alpha value is -1.62. The number of nitrogens with one attached hydrogen (secondary N) is 1. The van der Waals surface area contributed by atoms with Crippen LogP contribution in [-0.4, -0.2) is 23.5 Å². The zero-order chi connectivity index (χ0) is 16.9. The Kier molecular flexibility index (Phi) is 6.35. The number of amides is 1. The molecule has 0 aliphatic carbocycles. The van der Waals surface area contributed by atoms with Crippen LogP contribution in [0.15, 0.2) is 18.2 Å². The van der Waals surface area contributed by atoms with Crippen molar-refractivity contribution in [3.05, 3.63) is 34.6 Å². The van der Waals surface area contributed by atoms with Gasteiger partial charge in [0.1, 0.15) is 11.4 Å². The average molecular weight is 330 g/mol. The molecule has 22 heavy (non-hydrogen) atoms. The summed E-state index contributed by atoms with van der Waals surface area (Å²) in [7, 11) is 0. The number of benzene rings is 1. The summed E-state index contributed by atoms with van der Waals surface area (Å²) in [5.74, 6) is -0.790. The molecule has 122 valence electrons. The van der Waals surface area contributed by atoms with Gasteiger partial charge in [0.25, 0.3) is 0 Å². The summed E-state index contributed by atoms with van der Waals surface area (Å²) in [6, 6.07) is 3.47. The summed E-state index contributed by atoms with van der Waals surface area (Å²) in [6.07, 6.45) is 0.0988. The van der Waals surface area contributed by atoms with Crippen molar-refractivity contribution in [3.8, 4) is 0 Å². The van der Waals surface area contributed by atoms with Crippen molar-refractivity contribution in [1.29, 1.82) is 0 Å². The maximum atomic E-state index is 13.1. The minimum absolute atomic E-state index is 0.0949. The van der Waals surface area contributed by atoms with Crippen molar-refractivity contribution in [2.24, 2.45) is 0 Å². The predicted octanol–water partition coefficient (Wildman–Crippen LogP) is 4.36. The van der Waals surface area contributed by atoms with Gasteiger partial charge in [-0.25, -0.2) is 9.18 Å². The van der Waals surface area contributed by atoms with Crippen LogP contribution in [0.4, 0.5) is 9.18 Å². The second kappa shape index (κ2) is 7.58. The minimum atomic E-state index is -0.600. The van der Waals surface area contributed by atoms with Crippen LogP contribution >= 0.6 is 11.6 Å². The van der Waals surface area contributed by atoms with Gasteiger partial charge in [-0.3, -0.25) is 4.79 Å².